The average Bonchev–Trinajstić information content (AvgIpc) is 3.19. The summed E-state index contributed by atoms with van der Waals surface area (Å²) in [6.07, 6.45) is 3.39. The molecule has 2 aliphatic heterocycles. The summed E-state index contributed by atoms with van der Waals surface area (Å²) in [5.41, 5.74) is 1.50. The van der Waals surface area contributed by atoms with Crippen molar-refractivity contribution in [2.45, 2.75) is 36.6 Å². The van der Waals surface area contributed by atoms with Gasteiger partial charge in [0.15, 0.2) is 0 Å². The molecular formula is C19H22N2O3. The highest BCUT2D eigenvalue weighted by Gasteiger charge is 2.59. The average molecular weight is 326 g/mol. The lowest BCUT2D eigenvalue weighted by molar-refractivity contribution is -0.142. The molecule has 0 bridgehead atoms. The van der Waals surface area contributed by atoms with Crippen LogP contribution >= 0.6 is 0 Å². The molecule has 1 spiro atoms. The molecule has 4 aliphatic rings. The Balaban J connectivity index is 1.21. The number of ether oxygens (including phenoxy) is 1. The highest BCUT2D eigenvalue weighted by Crippen LogP contribution is 2.59. The molecule has 1 N–H and O–H groups in total. The first-order valence-corrected chi connectivity index (χ1v) is 8.90. The fourth-order valence-electron chi connectivity index (χ4n) is 5.11. The Labute approximate surface area is 141 Å². The van der Waals surface area contributed by atoms with E-state index in [1.165, 1.54) is 12.0 Å². The van der Waals surface area contributed by atoms with Gasteiger partial charge in [-0.3, -0.25) is 4.79 Å². The number of likely N-dealkylation sites (tertiary alicyclic amines) is 1. The van der Waals surface area contributed by atoms with E-state index in [9.17, 15) is 9.59 Å². The fraction of sp³-hybridized carbons (Fsp3) is 0.579. The molecule has 5 rings (SSSR count). The standard InChI is InChI=1S/C19H22N2O3/c22-16(13-8-18(9-13)12-24-17(23)20-18)21-7-6-19(10-15(19)11-21)14-4-2-1-3-5-14/h1-5,13,15H,6-12H2,(H,20,23)/t13?,15-,18?,19-/m1/s1. The zero-order valence-corrected chi connectivity index (χ0v) is 13.7. The largest absolute Gasteiger partial charge is 0.447 e. The lowest BCUT2D eigenvalue weighted by atomic mass is 9.68. The second-order valence-corrected chi connectivity index (χ2v) is 8.04. The number of benzene rings is 1. The van der Waals surface area contributed by atoms with Crippen LogP contribution < -0.4 is 5.32 Å². The van der Waals surface area contributed by atoms with Gasteiger partial charge >= 0.3 is 6.09 Å². The molecule has 2 saturated carbocycles. The molecular weight excluding hydrogens is 304 g/mol. The van der Waals surface area contributed by atoms with E-state index in [0.29, 0.717) is 17.9 Å². The minimum Gasteiger partial charge on any atom is -0.447 e. The van der Waals surface area contributed by atoms with Gasteiger partial charge in [0.05, 0.1) is 5.54 Å². The Morgan fingerprint density at radius 1 is 1.21 bits per heavy atom. The lowest BCUT2D eigenvalue weighted by Gasteiger charge is -2.44. The maximum Gasteiger partial charge on any atom is 0.407 e. The summed E-state index contributed by atoms with van der Waals surface area (Å²) in [6, 6.07) is 10.8. The first kappa shape index (κ1) is 14.3. The van der Waals surface area contributed by atoms with Gasteiger partial charge in [0.1, 0.15) is 6.61 Å². The van der Waals surface area contributed by atoms with Gasteiger partial charge < -0.3 is 15.0 Å². The molecule has 1 aromatic rings. The SMILES string of the molecule is O=C1NC2(CO1)CC(C(=O)N1CC[C@]3(c4ccccc4)C[C@@H]3C1)C2. The highest BCUT2D eigenvalue weighted by atomic mass is 16.6. The van der Waals surface area contributed by atoms with Crippen LogP contribution in [0.25, 0.3) is 0 Å². The van der Waals surface area contributed by atoms with E-state index >= 15 is 0 Å². The molecule has 126 valence electrons. The third kappa shape index (κ3) is 2.00. The van der Waals surface area contributed by atoms with Crippen LogP contribution in [0.3, 0.4) is 0 Å². The Hall–Kier alpha value is -2.04. The third-order valence-electron chi connectivity index (χ3n) is 6.63. The van der Waals surface area contributed by atoms with E-state index in [4.69, 9.17) is 4.74 Å². The molecule has 0 radical (unpaired) electrons. The molecule has 2 saturated heterocycles. The predicted molar refractivity (Wildman–Crippen MR) is 87.4 cm³/mol. The van der Waals surface area contributed by atoms with Crippen LogP contribution in [0.1, 0.15) is 31.2 Å². The van der Waals surface area contributed by atoms with Crippen LogP contribution in [0.15, 0.2) is 30.3 Å². The van der Waals surface area contributed by atoms with Crippen LogP contribution in [0.2, 0.25) is 0 Å². The summed E-state index contributed by atoms with van der Waals surface area (Å²) in [5, 5.41) is 2.87. The maximum atomic E-state index is 12.8. The number of rotatable bonds is 2. The molecule has 5 nitrogen and oxygen atoms in total. The smallest absolute Gasteiger partial charge is 0.407 e. The fourth-order valence-corrected chi connectivity index (χ4v) is 5.11. The number of hydrogen-bond acceptors (Lipinski definition) is 3. The Morgan fingerprint density at radius 3 is 2.67 bits per heavy atom. The quantitative estimate of drug-likeness (QED) is 0.905. The van der Waals surface area contributed by atoms with Gasteiger partial charge in [-0.05, 0) is 37.2 Å². The summed E-state index contributed by atoms with van der Waals surface area (Å²) in [6.45, 7) is 2.16. The topological polar surface area (TPSA) is 58.6 Å². The summed E-state index contributed by atoms with van der Waals surface area (Å²) in [7, 11) is 0. The van der Waals surface area contributed by atoms with E-state index in [1.54, 1.807) is 0 Å². The van der Waals surface area contributed by atoms with Crippen molar-refractivity contribution in [1.82, 2.24) is 10.2 Å². The number of carbonyl (C=O) groups excluding carboxylic acids is 2. The van der Waals surface area contributed by atoms with Crippen LogP contribution in [-0.4, -0.2) is 42.1 Å². The number of amides is 2. The molecule has 24 heavy (non-hydrogen) atoms. The zero-order chi connectivity index (χ0) is 16.4. The van der Waals surface area contributed by atoms with Crippen molar-refractivity contribution >= 4 is 12.0 Å². The number of alkyl carbamates (subject to hydrolysis) is 1. The normalized spacial score (nSPS) is 39.7. The number of carbonyl (C=O) groups is 2. The Bertz CT molecular complexity index is 698. The lowest BCUT2D eigenvalue weighted by Crippen LogP contribution is -2.58. The maximum absolute atomic E-state index is 12.8. The molecule has 5 heteroatoms. The van der Waals surface area contributed by atoms with Crippen LogP contribution in [-0.2, 0) is 14.9 Å². The van der Waals surface area contributed by atoms with Crippen LogP contribution in [0.4, 0.5) is 4.79 Å². The van der Waals surface area contributed by atoms with Crippen molar-refractivity contribution in [3.63, 3.8) is 0 Å². The number of nitrogens with zero attached hydrogens (tertiary/aromatic N) is 1. The van der Waals surface area contributed by atoms with Crippen molar-refractivity contribution in [2.75, 3.05) is 19.7 Å². The summed E-state index contributed by atoms with van der Waals surface area (Å²) < 4.78 is 5.00. The molecule has 2 atom stereocenters. The molecule has 4 fully saturated rings. The number of fused-ring (bicyclic) bond motifs is 1. The van der Waals surface area contributed by atoms with Gasteiger partial charge in [0, 0.05) is 24.4 Å². The van der Waals surface area contributed by atoms with Crippen molar-refractivity contribution in [2.24, 2.45) is 11.8 Å². The molecule has 2 amide bonds. The monoisotopic (exact) mass is 326 g/mol. The summed E-state index contributed by atoms with van der Waals surface area (Å²) >= 11 is 0. The van der Waals surface area contributed by atoms with Crippen molar-refractivity contribution in [3.05, 3.63) is 35.9 Å². The van der Waals surface area contributed by atoms with E-state index in [2.05, 4.69) is 40.5 Å². The minimum absolute atomic E-state index is 0.0509. The number of cyclic esters (lactones) is 1. The number of nitrogens with one attached hydrogen (secondary N) is 1. The third-order valence-corrected chi connectivity index (χ3v) is 6.63. The first-order valence-electron chi connectivity index (χ1n) is 8.90. The zero-order valence-electron chi connectivity index (χ0n) is 13.7. The van der Waals surface area contributed by atoms with Gasteiger partial charge in [-0.1, -0.05) is 30.3 Å². The Morgan fingerprint density at radius 2 is 2.00 bits per heavy atom. The predicted octanol–water partition coefficient (Wildman–Crippen LogP) is 2.07. The minimum atomic E-state index is -0.343. The molecule has 0 unspecified atom stereocenters. The van der Waals surface area contributed by atoms with E-state index < -0.39 is 0 Å². The second-order valence-electron chi connectivity index (χ2n) is 8.04. The van der Waals surface area contributed by atoms with E-state index in [0.717, 1.165) is 32.4 Å². The summed E-state index contributed by atoms with van der Waals surface area (Å²) in [4.78, 5) is 26.1. The first-order chi connectivity index (χ1) is 11.6. The summed E-state index contributed by atoms with van der Waals surface area (Å²) in [5.74, 6) is 0.937. The van der Waals surface area contributed by atoms with Gasteiger partial charge in [0.2, 0.25) is 5.91 Å². The van der Waals surface area contributed by atoms with Crippen molar-refractivity contribution in [3.8, 4) is 0 Å². The highest BCUT2D eigenvalue weighted by molar-refractivity contribution is 5.82. The van der Waals surface area contributed by atoms with Gasteiger partial charge in [-0.25, -0.2) is 4.79 Å². The second kappa shape index (κ2) is 4.74. The van der Waals surface area contributed by atoms with Gasteiger partial charge in [-0.15, -0.1) is 0 Å². The van der Waals surface area contributed by atoms with E-state index in [1.807, 2.05) is 0 Å². The van der Waals surface area contributed by atoms with E-state index in [-0.39, 0.29) is 23.5 Å². The Kier molecular flexibility index (Phi) is 2.83. The van der Waals surface area contributed by atoms with Gasteiger partial charge in [0.25, 0.3) is 0 Å². The van der Waals surface area contributed by atoms with Gasteiger partial charge in [-0.2, -0.15) is 0 Å². The number of piperidine rings is 1. The molecule has 2 aliphatic carbocycles. The number of hydrogen-bond donors (Lipinski definition) is 1. The van der Waals surface area contributed by atoms with Crippen molar-refractivity contribution in [1.29, 1.82) is 0 Å². The molecule has 0 aromatic heterocycles. The molecule has 1 aromatic carbocycles. The van der Waals surface area contributed by atoms with Crippen molar-refractivity contribution < 1.29 is 14.3 Å². The van der Waals surface area contributed by atoms with Crippen LogP contribution in [0, 0.1) is 11.8 Å². The van der Waals surface area contributed by atoms with Crippen LogP contribution in [0.5, 0.6) is 0 Å². The molecule has 2 heterocycles.